The molecule has 0 bridgehead atoms. The second-order valence-corrected chi connectivity index (χ2v) is 8.56. The minimum absolute atomic E-state index is 0.129. The van der Waals surface area contributed by atoms with Gasteiger partial charge < -0.3 is 9.64 Å². The van der Waals surface area contributed by atoms with Crippen LogP contribution < -0.4 is 0 Å². The van der Waals surface area contributed by atoms with Gasteiger partial charge in [0.05, 0.1) is 18.9 Å². The van der Waals surface area contributed by atoms with Crippen LogP contribution in [0.25, 0.3) is 11.3 Å². The summed E-state index contributed by atoms with van der Waals surface area (Å²) in [5.41, 5.74) is 5.28. The maximum absolute atomic E-state index is 13.2. The number of H-pyrrole nitrogens is 1. The van der Waals surface area contributed by atoms with Gasteiger partial charge >= 0.3 is 0 Å². The maximum atomic E-state index is 13.2. The number of aryl methyl sites for hydroxylation is 1. The SMILES string of the molecule is O=C(c1[nH]nc2c1CCc1ccccc1-2)N1CCC(CCN2CCOCC2)CC1. The molecule has 3 aliphatic rings. The van der Waals surface area contributed by atoms with Gasteiger partial charge in [0, 0.05) is 37.3 Å². The lowest BCUT2D eigenvalue weighted by molar-refractivity contribution is 0.0332. The molecule has 1 N–H and O–H groups in total. The fourth-order valence-electron chi connectivity index (χ4n) is 5.01. The second kappa shape index (κ2) is 8.28. The van der Waals surface area contributed by atoms with Crippen LogP contribution in [0.2, 0.25) is 0 Å². The van der Waals surface area contributed by atoms with Gasteiger partial charge in [0.25, 0.3) is 5.91 Å². The van der Waals surface area contributed by atoms with E-state index in [4.69, 9.17) is 4.74 Å². The van der Waals surface area contributed by atoms with Gasteiger partial charge in [-0.05, 0) is 50.1 Å². The number of aromatic nitrogens is 2. The molecular formula is C23H30N4O2. The molecule has 2 aromatic rings. The Morgan fingerprint density at radius 1 is 1.10 bits per heavy atom. The van der Waals surface area contributed by atoms with Crippen molar-refractivity contribution in [3.8, 4) is 11.3 Å². The fourth-order valence-corrected chi connectivity index (χ4v) is 5.01. The van der Waals surface area contributed by atoms with E-state index in [-0.39, 0.29) is 5.91 Å². The summed E-state index contributed by atoms with van der Waals surface area (Å²) in [5.74, 6) is 0.856. The molecule has 154 valence electrons. The van der Waals surface area contributed by atoms with Crippen molar-refractivity contribution < 1.29 is 9.53 Å². The largest absolute Gasteiger partial charge is 0.379 e. The van der Waals surface area contributed by atoms with Gasteiger partial charge in [-0.2, -0.15) is 5.10 Å². The Labute approximate surface area is 172 Å². The van der Waals surface area contributed by atoms with E-state index in [1.54, 1.807) is 0 Å². The summed E-state index contributed by atoms with van der Waals surface area (Å²) in [5, 5.41) is 7.60. The van der Waals surface area contributed by atoms with Crippen molar-refractivity contribution in [3.63, 3.8) is 0 Å². The quantitative estimate of drug-likeness (QED) is 0.866. The molecule has 2 saturated heterocycles. The van der Waals surface area contributed by atoms with Crippen LogP contribution in [-0.2, 0) is 17.6 Å². The molecule has 0 atom stereocenters. The van der Waals surface area contributed by atoms with Crippen LogP contribution in [-0.4, -0.2) is 71.8 Å². The first-order valence-electron chi connectivity index (χ1n) is 11.0. The van der Waals surface area contributed by atoms with E-state index in [2.05, 4.69) is 33.3 Å². The number of hydrogen-bond acceptors (Lipinski definition) is 4. The van der Waals surface area contributed by atoms with E-state index in [9.17, 15) is 4.79 Å². The standard InChI is InChI=1S/C23H30N4O2/c28-23(22-20-6-5-18-3-1-2-4-19(18)21(20)24-25-22)27-11-8-17(9-12-27)7-10-26-13-15-29-16-14-26/h1-4,17H,5-16H2,(H,24,25). The lowest BCUT2D eigenvalue weighted by atomic mass is 9.88. The molecule has 1 amide bonds. The molecular weight excluding hydrogens is 364 g/mol. The Bertz CT molecular complexity index is 864. The number of amides is 1. The third-order valence-corrected chi connectivity index (χ3v) is 6.86. The van der Waals surface area contributed by atoms with Crippen LogP contribution >= 0.6 is 0 Å². The van der Waals surface area contributed by atoms with Gasteiger partial charge in [0.15, 0.2) is 0 Å². The summed E-state index contributed by atoms with van der Waals surface area (Å²) in [7, 11) is 0. The van der Waals surface area contributed by atoms with E-state index < -0.39 is 0 Å². The molecule has 1 aromatic carbocycles. The van der Waals surface area contributed by atoms with Gasteiger partial charge in [0.1, 0.15) is 5.69 Å². The van der Waals surface area contributed by atoms with Crippen LogP contribution in [0.15, 0.2) is 24.3 Å². The molecule has 5 rings (SSSR count). The Morgan fingerprint density at radius 3 is 2.72 bits per heavy atom. The first-order chi connectivity index (χ1) is 14.3. The number of fused-ring (bicyclic) bond motifs is 3. The number of carbonyl (C=O) groups excluding carboxylic acids is 1. The Morgan fingerprint density at radius 2 is 1.90 bits per heavy atom. The van der Waals surface area contributed by atoms with E-state index in [0.717, 1.165) is 88.8 Å². The topological polar surface area (TPSA) is 61.5 Å². The molecule has 0 radical (unpaired) electrons. The summed E-state index contributed by atoms with van der Waals surface area (Å²) >= 11 is 0. The lowest BCUT2D eigenvalue weighted by Gasteiger charge is -2.34. The number of benzene rings is 1. The molecule has 3 heterocycles. The zero-order chi connectivity index (χ0) is 19.6. The van der Waals surface area contributed by atoms with Crippen molar-refractivity contribution in [2.45, 2.75) is 32.1 Å². The van der Waals surface area contributed by atoms with Crippen molar-refractivity contribution in [3.05, 3.63) is 41.1 Å². The smallest absolute Gasteiger partial charge is 0.272 e. The normalized spacial score (nSPS) is 20.3. The number of nitrogens with one attached hydrogen (secondary N) is 1. The molecule has 0 unspecified atom stereocenters. The van der Waals surface area contributed by atoms with E-state index >= 15 is 0 Å². The van der Waals surface area contributed by atoms with Crippen molar-refractivity contribution >= 4 is 5.91 Å². The monoisotopic (exact) mass is 394 g/mol. The summed E-state index contributed by atoms with van der Waals surface area (Å²) in [6.45, 7) is 6.73. The van der Waals surface area contributed by atoms with Gasteiger partial charge in [0.2, 0.25) is 0 Å². The van der Waals surface area contributed by atoms with Gasteiger partial charge in [-0.15, -0.1) is 0 Å². The second-order valence-electron chi connectivity index (χ2n) is 8.56. The number of likely N-dealkylation sites (tertiary alicyclic amines) is 1. The summed E-state index contributed by atoms with van der Waals surface area (Å²) in [4.78, 5) is 17.7. The highest BCUT2D eigenvalue weighted by Crippen LogP contribution is 2.34. The van der Waals surface area contributed by atoms with Crippen LogP contribution in [0, 0.1) is 5.92 Å². The number of aromatic amines is 1. The number of ether oxygens (including phenoxy) is 1. The van der Waals surface area contributed by atoms with E-state index in [1.165, 1.54) is 17.5 Å². The third-order valence-electron chi connectivity index (χ3n) is 6.86. The van der Waals surface area contributed by atoms with Crippen molar-refractivity contribution in [2.75, 3.05) is 45.9 Å². The molecule has 6 nitrogen and oxygen atoms in total. The predicted octanol–water partition coefficient (Wildman–Crippen LogP) is 2.75. The van der Waals surface area contributed by atoms with E-state index in [1.807, 2.05) is 11.0 Å². The van der Waals surface area contributed by atoms with E-state index in [0.29, 0.717) is 5.69 Å². The van der Waals surface area contributed by atoms with Crippen LogP contribution in [0.3, 0.4) is 0 Å². The van der Waals surface area contributed by atoms with Crippen LogP contribution in [0.5, 0.6) is 0 Å². The maximum Gasteiger partial charge on any atom is 0.272 e. The molecule has 2 fully saturated rings. The lowest BCUT2D eigenvalue weighted by Crippen LogP contribution is -2.41. The predicted molar refractivity (Wildman–Crippen MR) is 112 cm³/mol. The fraction of sp³-hybridized carbons (Fsp3) is 0.565. The first kappa shape index (κ1) is 18.8. The average Bonchev–Trinajstić information content (AvgIpc) is 3.23. The number of hydrogen-bond donors (Lipinski definition) is 1. The highest BCUT2D eigenvalue weighted by Gasteiger charge is 2.30. The van der Waals surface area contributed by atoms with Gasteiger partial charge in [-0.3, -0.25) is 14.8 Å². The molecule has 0 saturated carbocycles. The van der Waals surface area contributed by atoms with Crippen molar-refractivity contribution in [1.82, 2.24) is 20.0 Å². The molecule has 6 heteroatoms. The number of piperidine rings is 1. The summed E-state index contributed by atoms with van der Waals surface area (Å²) in [6, 6.07) is 8.40. The zero-order valence-corrected chi connectivity index (χ0v) is 17.0. The summed E-state index contributed by atoms with van der Waals surface area (Å²) in [6.07, 6.45) is 5.31. The van der Waals surface area contributed by atoms with Gasteiger partial charge in [-0.1, -0.05) is 24.3 Å². The molecule has 1 aliphatic carbocycles. The highest BCUT2D eigenvalue weighted by atomic mass is 16.5. The van der Waals surface area contributed by atoms with Crippen LogP contribution in [0.1, 0.15) is 40.9 Å². The molecule has 0 spiro atoms. The zero-order valence-electron chi connectivity index (χ0n) is 17.0. The van der Waals surface area contributed by atoms with Crippen molar-refractivity contribution in [1.29, 1.82) is 0 Å². The highest BCUT2D eigenvalue weighted by molar-refractivity contribution is 5.96. The minimum Gasteiger partial charge on any atom is -0.379 e. The number of rotatable bonds is 4. The Balaban J connectivity index is 1.19. The average molecular weight is 395 g/mol. The minimum atomic E-state index is 0.129. The number of morpholine rings is 1. The molecule has 29 heavy (non-hydrogen) atoms. The third kappa shape index (κ3) is 3.83. The van der Waals surface area contributed by atoms with Crippen LogP contribution in [0.4, 0.5) is 0 Å². The number of carbonyl (C=O) groups is 1. The van der Waals surface area contributed by atoms with Crippen molar-refractivity contribution in [2.24, 2.45) is 5.92 Å². The first-order valence-corrected chi connectivity index (χ1v) is 11.0. The molecule has 1 aromatic heterocycles. The Kier molecular flexibility index (Phi) is 5.38. The molecule has 2 aliphatic heterocycles. The van der Waals surface area contributed by atoms with Gasteiger partial charge in [-0.25, -0.2) is 0 Å². The Hall–Kier alpha value is -2.18. The summed E-state index contributed by atoms with van der Waals surface area (Å²) < 4.78 is 5.43. The number of nitrogens with zero attached hydrogens (tertiary/aromatic N) is 3.